The molecule has 0 fully saturated rings. The number of ether oxygens (including phenoxy) is 1. The maximum absolute atomic E-state index is 12.4. The average molecular weight is 395 g/mol. The monoisotopic (exact) mass is 394 g/mol. The van der Waals surface area contributed by atoms with E-state index in [0.717, 1.165) is 47.6 Å². The van der Waals surface area contributed by atoms with Crippen molar-refractivity contribution in [3.8, 4) is 11.5 Å². The van der Waals surface area contributed by atoms with Crippen molar-refractivity contribution in [2.75, 3.05) is 0 Å². The van der Waals surface area contributed by atoms with Crippen molar-refractivity contribution in [3.05, 3.63) is 23.3 Å². The summed E-state index contributed by atoms with van der Waals surface area (Å²) in [5.41, 5.74) is 1.48. The highest BCUT2D eigenvalue weighted by Gasteiger charge is 2.38. The minimum absolute atomic E-state index is 0.275. The van der Waals surface area contributed by atoms with E-state index in [1.807, 2.05) is 12.1 Å². The lowest BCUT2D eigenvalue weighted by molar-refractivity contribution is 0.0533. The topological polar surface area (TPSA) is 44.8 Å². The molecule has 1 aromatic rings. The number of carbonyl (C=O) groups excluding carboxylic acids is 1. The zero-order chi connectivity index (χ0) is 19.4. The quantitative estimate of drug-likeness (QED) is 0.354. The van der Waals surface area contributed by atoms with Crippen LogP contribution in [0.25, 0.3) is 0 Å². The molecule has 4 nitrogen and oxygen atoms in total. The molecule has 6 heteroatoms. The molecule has 1 aromatic carbocycles. The summed E-state index contributed by atoms with van der Waals surface area (Å²) in [7, 11) is -3.66. The zero-order valence-corrected chi connectivity index (χ0v) is 19.2. The average Bonchev–Trinajstić information content (AvgIpc) is 3.08. The van der Waals surface area contributed by atoms with E-state index in [-0.39, 0.29) is 5.97 Å². The molecule has 0 radical (unpaired) electrons. The van der Waals surface area contributed by atoms with E-state index in [9.17, 15) is 4.79 Å². The Balaban J connectivity index is 2.44. The van der Waals surface area contributed by atoms with Crippen molar-refractivity contribution in [3.63, 3.8) is 0 Å². The molecular weight excluding hydrogens is 360 g/mol. The standard InChI is InChI=1S/C20H34O4Si2/c1-7-25(8-2,9-3)23-17-13-14-18(19-16(17)15-22-20(19)21)24-26(10-4,11-5)12-6/h13-14H,7-12,15H2,1-6H3. The summed E-state index contributed by atoms with van der Waals surface area (Å²) in [6.07, 6.45) is 0. The van der Waals surface area contributed by atoms with Crippen LogP contribution in [0.4, 0.5) is 0 Å². The SMILES string of the molecule is CC[Si](CC)(CC)Oc1ccc(O[Si](CC)(CC)CC)c2c1COC2=O. The third-order valence-corrected chi connectivity index (χ3v) is 15.3. The first-order valence-corrected chi connectivity index (χ1v) is 15.2. The Hall–Kier alpha value is -1.28. The number of hydrogen-bond acceptors (Lipinski definition) is 4. The summed E-state index contributed by atoms with van der Waals surface area (Å²) in [4.78, 5) is 12.4. The van der Waals surface area contributed by atoms with Gasteiger partial charge in [0.25, 0.3) is 8.32 Å². The molecule has 0 unspecified atom stereocenters. The predicted octanol–water partition coefficient (Wildman–Crippen LogP) is 6.13. The lowest BCUT2D eigenvalue weighted by Gasteiger charge is -2.31. The third-order valence-electron chi connectivity index (χ3n) is 6.30. The van der Waals surface area contributed by atoms with Gasteiger partial charge in [0, 0.05) is 5.56 Å². The van der Waals surface area contributed by atoms with Gasteiger partial charge in [-0.2, -0.15) is 0 Å². The highest BCUT2D eigenvalue weighted by atomic mass is 28.4. The second-order valence-corrected chi connectivity index (χ2v) is 16.6. The van der Waals surface area contributed by atoms with Gasteiger partial charge in [-0.15, -0.1) is 0 Å². The summed E-state index contributed by atoms with van der Waals surface area (Å²) >= 11 is 0. The molecule has 0 amide bonds. The Morgan fingerprint density at radius 3 is 1.69 bits per heavy atom. The first-order valence-electron chi connectivity index (χ1n) is 10.1. The lowest BCUT2D eigenvalue weighted by Crippen LogP contribution is -2.40. The van der Waals surface area contributed by atoms with Gasteiger partial charge in [0.15, 0.2) is 0 Å². The van der Waals surface area contributed by atoms with Crippen LogP contribution in [-0.4, -0.2) is 22.6 Å². The van der Waals surface area contributed by atoms with Crippen molar-refractivity contribution in [2.45, 2.75) is 84.4 Å². The van der Waals surface area contributed by atoms with Gasteiger partial charge >= 0.3 is 5.97 Å². The highest BCUT2D eigenvalue weighted by molar-refractivity contribution is 6.74. The number of fused-ring (bicyclic) bond motifs is 1. The Morgan fingerprint density at radius 1 is 0.808 bits per heavy atom. The third kappa shape index (κ3) is 3.86. The van der Waals surface area contributed by atoms with Gasteiger partial charge < -0.3 is 13.6 Å². The number of rotatable bonds is 10. The summed E-state index contributed by atoms with van der Waals surface area (Å²) in [5.74, 6) is 1.25. The molecule has 0 aromatic heterocycles. The predicted molar refractivity (Wildman–Crippen MR) is 111 cm³/mol. The molecule has 26 heavy (non-hydrogen) atoms. The van der Waals surface area contributed by atoms with Crippen LogP contribution in [0.5, 0.6) is 11.5 Å². The van der Waals surface area contributed by atoms with Crippen LogP contribution in [0.1, 0.15) is 57.5 Å². The number of carbonyl (C=O) groups is 1. The maximum atomic E-state index is 12.4. The molecule has 0 saturated heterocycles. The Kier molecular flexibility index (Phi) is 6.96. The number of cyclic esters (lactones) is 1. The number of benzene rings is 1. The van der Waals surface area contributed by atoms with Crippen LogP contribution in [-0.2, 0) is 11.3 Å². The van der Waals surface area contributed by atoms with Crippen LogP contribution in [0.3, 0.4) is 0 Å². The van der Waals surface area contributed by atoms with Gasteiger partial charge in [0.1, 0.15) is 23.7 Å². The molecule has 0 bridgehead atoms. The minimum atomic E-state index is -1.86. The molecular formula is C20H34O4Si2. The second-order valence-electron chi connectivity index (χ2n) is 7.18. The minimum Gasteiger partial charge on any atom is -0.543 e. The molecule has 0 spiro atoms. The Morgan fingerprint density at radius 2 is 1.23 bits per heavy atom. The van der Waals surface area contributed by atoms with Gasteiger partial charge in [-0.05, 0) is 48.4 Å². The molecule has 146 valence electrons. The van der Waals surface area contributed by atoms with Crippen LogP contribution in [0.15, 0.2) is 12.1 Å². The first kappa shape index (κ1) is 21.0. The molecule has 2 rings (SSSR count). The van der Waals surface area contributed by atoms with Crippen molar-refractivity contribution < 1.29 is 18.4 Å². The van der Waals surface area contributed by atoms with Gasteiger partial charge in [-0.1, -0.05) is 41.5 Å². The first-order chi connectivity index (χ1) is 12.4. The summed E-state index contributed by atoms with van der Waals surface area (Å²) in [5, 5.41) is 0. The van der Waals surface area contributed by atoms with E-state index in [0.29, 0.717) is 17.9 Å². The molecule has 0 aliphatic carbocycles. The maximum Gasteiger partial charge on any atom is 0.342 e. The van der Waals surface area contributed by atoms with E-state index in [1.54, 1.807) is 0 Å². The molecule has 0 atom stereocenters. The second kappa shape index (κ2) is 8.61. The van der Waals surface area contributed by atoms with E-state index in [4.69, 9.17) is 13.6 Å². The van der Waals surface area contributed by atoms with Gasteiger partial charge in [-0.3, -0.25) is 0 Å². The molecule has 1 aliphatic heterocycles. The number of hydrogen-bond donors (Lipinski definition) is 0. The summed E-state index contributed by atoms with van der Waals surface area (Å²) in [6.45, 7) is 13.5. The van der Waals surface area contributed by atoms with E-state index in [1.165, 1.54) is 0 Å². The highest BCUT2D eigenvalue weighted by Crippen LogP contribution is 2.40. The van der Waals surface area contributed by atoms with Crippen LogP contribution in [0, 0.1) is 0 Å². The van der Waals surface area contributed by atoms with E-state index < -0.39 is 16.6 Å². The van der Waals surface area contributed by atoms with Gasteiger partial charge in [0.05, 0.1) is 0 Å². The van der Waals surface area contributed by atoms with Gasteiger partial charge in [-0.25, -0.2) is 4.79 Å². The van der Waals surface area contributed by atoms with Crippen LogP contribution >= 0.6 is 0 Å². The van der Waals surface area contributed by atoms with Crippen molar-refractivity contribution >= 4 is 22.6 Å². The van der Waals surface area contributed by atoms with Crippen LogP contribution < -0.4 is 8.85 Å². The van der Waals surface area contributed by atoms with Crippen molar-refractivity contribution in [2.24, 2.45) is 0 Å². The molecule has 0 saturated carbocycles. The fraction of sp³-hybridized carbons (Fsp3) is 0.650. The summed E-state index contributed by atoms with van der Waals surface area (Å²) < 4.78 is 18.5. The van der Waals surface area contributed by atoms with Crippen LogP contribution in [0.2, 0.25) is 36.3 Å². The van der Waals surface area contributed by atoms with Gasteiger partial charge in [0.2, 0.25) is 8.32 Å². The number of esters is 1. The molecule has 1 heterocycles. The molecule has 0 N–H and O–H groups in total. The molecule has 1 aliphatic rings. The fourth-order valence-electron chi connectivity index (χ4n) is 3.76. The van der Waals surface area contributed by atoms with E-state index in [2.05, 4.69) is 41.5 Å². The fourth-order valence-corrected chi connectivity index (χ4v) is 8.92. The largest absolute Gasteiger partial charge is 0.543 e. The van der Waals surface area contributed by atoms with E-state index >= 15 is 0 Å². The smallest absolute Gasteiger partial charge is 0.342 e. The Bertz CT molecular complexity index is 620. The summed E-state index contributed by atoms with van der Waals surface area (Å²) in [6, 6.07) is 10.3. The Labute approximate surface area is 160 Å². The normalized spacial score (nSPS) is 14.2. The van der Waals surface area contributed by atoms with Crippen molar-refractivity contribution in [1.82, 2.24) is 0 Å². The lowest BCUT2D eigenvalue weighted by atomic mass is 10.1. The van der Waals surface area contributed by atoms with Crippen molar-refractivity contribution in [1.29, 1.82) is 0 Å². The zero-order valence-electron chi connectivity index (χ0n) is 17.2.